The number of halogens is 1. The van der Waals surface area contributed by atoms with Gasteiger partial charge in [-0.1, -0.05) is 50.1 Å². The smallest absolute Gasteiger partial charge is 0.299 e. The molecule has 1 aliphatic heterocycles. The lowest BCUT2D eigenvalue weighted by atomic mass is 9.77. The lowest BCUT2D eigenvalue weighted by Gasteiger charge is -2.49. The van der Waals surface area contributed by atoms with Gasteiger partial charge in [0.15, 0.2) is 0 Å². The van der Waals surface area contributed by atoms with Crippen LogP contribution in [0.15, 0.2) is 48.5 Å². The van der Waals surface area contributed by atoms with Gasteiger partial charge >= 0.3 is 0 Å². The molecule has 0 bridgehead atoms. The minimum Gasteiger partial charge on any atom is -0.356 e. The summed E-state index contributed by atoms with van der Waals surface area (Å²) in [6.45, 7) is 4.16. The van der Waals surface area contributed by atoms with Gasteiger partial charge in [0.2, 0.25) is 0 Å². The highest BCUT2D eigenvalue weighted by atomic mass is 19.1. The van der Waals surface area contributed by atoms with Crippen molar-refractivity contribution in [2.24, 2.45) is 0 Å². The minimum absolute atomic E-state index is 0.0136. The van der Waals surface area contributed by atoms with Crippen molar-refractivity contribution in [2.45, 2.75) is 51.1 Å². The summed E-state index contributed by atoms with van der Waals surface area (Å²) in [4.78, 5) is 18.4. The monoisotopic (exact) mass is 388 g/mol. The summed E-state index contributed by atoms with van der Waals surface area (Å²) in [5.74, 6) is 1.71. The number of amides is 1. The topological polar surface area (TPSA) is 36.1 Å². The summed E-state index contributed by atoms with van der Waals surface area (Å²) in [5, 5.41) is 1.17. The van der Waals surface area contributed by atoms with Crippen molar-refractivity contribution in [3.05, 3.63) is 71.2 Å². The van der Waals surface area contributed by atoms with Crippen molar-refractivity contribution in [2.75, 3.05) is 0 Å². The molecule has 2 aromatic carbocycles. The molecule has 3 nitrogen and oxygen atoms in total. The van der Waals surface area contributed by atoms with E-state index in [0.29, 0.717) is 0 Å². The van der Waals surface area contributed by atoms with Crippen LogP contribution in [0.25, 0.3) is 10.9 Å². The number of terminal acetylenes is 1. The van der Waals surface area contributed by atoms with Crippen LogP contribution < -0.4 is 0 Å². The number of H-pyrrole nitrogens is 1. The van der Waals surface area contributed by atoms with E-state index in [4.69, 9.17) is 6.42 Å². The molecule has 29 heavy (non-hydrogen) atoms. The summed E-state index contributed by atoms with van der Waals surface area (Å²) in [7, 11) is 0. The fraction of sp³-hybridized carbons (Fsp3) is 0.320. The molecule has 2 atom stereocenters. The Kier molecular flexibility index (Phi) is 4.92. The van der Waals surface area contributed by atoms with Gasteiger partial charge in [0.25, 0.3) is 5.91 Å². The van der Waals surface area contributed by atoms with E-state index in [1.165, 1.54) is 23.1 Å². The number of fused-ring (bicyclic) bond motifs is 3. The number of nitrogens with one attached hydrogen (secondary N) is 1. The van der Waals surface area contributed by atoms with Crippen molar-refractivity contribution in [3.63, 3.8) is 0 Å². The Bertz CT molecular complexity index is 1090. The molecule has 1 aromatic heterocycles. The Hall–Kier alpha value is -3.06. The molecule has 0 radical (unpaired) electrons. The molecule has 3 aromatic rings. The number of hydrogen-bond acceptors (Lipinski definition) is 1. The van der Waals surface area contributed by atoms with E-state index < -0.39 is 5.54 Å². The molecule has 0 aliphatic carbocycles. The van der Waals surface area contributed by atoms with E-state index in [1.807, 2.05) is 30.0 Å². The van der Waals surface area contributed by atoms with Crippen LogP contribution in [0, 0.1) is 18.2 Å². The van der Waals surface area contributed by atoms with Crippen LogP contribution in [0.1, 0.15) is 49.9 Å². The number of hydrogen-bond donors (Lipinski definition) is 1. The number of carbonyl (C=O) groups excluding carboxylic acids is 1. The van der Waals surface area contributed by atoms with Gasteiger partial charge in [-0.05, 0) is 55.0 Å². The van der Waals surface area contributed by atoms with E-state index >= 15 is 0 Å². The highest BCUT2D eigenvalue weighted by Gasteiger charge is 2.48. The number of aromatic amines is 1. The lowest BCUT2D eigenvalue weighted by Crippen LogP contribution is -2.57. The van der Waals surface area contributed by atoms with Crippen LogP contribution >= 0.6 is 0 Å². The fourth-order valence-electron chi connectivity index (χ4n) is 4.81. The van der Waals surface area contributed by atoms with E-state index in [9.17, 15) is 9.18 Å². The third kappa shape index (κ3) is 3.02. The maximum Gasteiger partial charge on any atom is 0.299 e. The normalized spacial score (nSPS) is 21.0. The van der Waals surface area contributed by atoms with Crippen molar-refractivity contribution in [3.8, 4) is 12.3 Å². The Balaban J connectivity index is 2.00. The van der Waals surface area contributed by atoms with Gasteiger partial charge in [0.1, 0.15) is 11.4 Å². The van der Waals surface area contributed by atoms with Gasteiger partial charge in [-0.2, -0.15) is 0 Å². The quantitative estimate of drug-likeness (QED) is 0.617. The minimum atomic E-state index is -0.803. The molecule has 2 heterocycles. The van der Waals surface area contributed by atoms with Gasteiger partial charge in [0.05, 0.1) is 0 Å². The standard InChI is InChI=1S/C25H25FN2O/c1-4-6-9-19-16-21-20-10-7-8-11-22(20)27-24(21)25(3,28(19)23(29)5-2)17-12-14-18(26)15-13-17/h2,7-8,10-15,19,27H,4,6,9,16H2,1,3H3. The number of benzene rings is 2. The van der Waals surface area contributed by atoms with Crippen LogP contribution in [-0.2, 0) is 16.8 Å². The molecule has 4 rings (SSSR count). The molecule has 0 spiro atoms. The number of para-hydroxylation sites is 1. The predicted molar refractivity (Wildman–Crippen MR) is 114 cm³/mol. The number of aromatic nitrogens is 1. The number of nitrogens with zero attached hydrogens (tertiary/aromatic N) is 1. The zero-order valence-electron chi connectivity index (χ0n) is 16.8. The van der Waals surface area contributed by atoms with Gasteiger partial charge in [-0.15, -0.1) is 6.42 Å². The first-order valence-corrected chi connectivity index (χ1v) is 10.2. The summed E-state index contributed by atoms with van der Waals surface area (Å²) in [6, 6.07) is 14.6. The zero-order chi connectivity index (χ0) is 20.6. The molecule has 0 saturated heterocycles. The molecule has 148 valence electrons. The SMILES string of the molecule is C#CC(=O)N1C(CCCC)Cc2c([nH]c3ccccc23)C1(C)c1ccc(F)cc1. The summed E-state index contributed by atoms with van der Waals surface area (Å²) < 4.78 is 13.7. The highest BCUT2D eigenvalue weighted by molar-refractivity contribution is 5.95. The second kappa shape index (κ2) is 7.40. The van der Waals surface area contributed by atoms with Crippen LogP contribution in [0.4, 0.5) is 4.39 Å². The Morgan fingerprint density at radius 3 is 2.69 bits per heavy atom. The first kappa shape index (κ1) is 19.3. The summed E-state index contributed by atoms with van der Waals surface area (Å²) in [5.41, 5.74) is 3.25. The summed E-state index contributed by atoms with van der Waals surface area (Å²) in [6.07, 6.45) is 9.28. The molecule has 1 amide bonds. The zero-order valence-corrected chi connectivity index (χ0v) is 16.8. The molecular weight excluding hydrogens is 363 g/mol. The molecule has 1 aliphatic rings. The van der Waals surface area contributed by atoms with Crippen LogP contribution in [0.2, 0.25) is 0 Å². The van der Waals surface area contributed by atoms with Crippen molar-refractivity contribution >= 4 is 16.8 Å². The van der Waals surface area contributed by atoms with Gasteiger partial charge < -0.3 is 9.88 Å². The van der Waals surface area contributed by atoms with E-state index in [-0.39, 0.29) is 17.8 Å². The largest absolute Gasteiger partial charge is 0.356 e. The molecule has 0 saturated carbocycles. The van der Waals surface area contributed by atoms with Gasteiger partial charge in [0, 0.05) is 22.6 Å². The van der Waals surface area contributed by atoms with Crippen LogP contribution in [0.5, 0.6) is 0 Å². The van der Waals surface area contributed by atoms with E-state index in [2.05, 4.69) is 23.9 Å². The second-order valence-electron chi connectivity index (χ2n) is 7.92. The molecule has 0 fully saturated rings. The second-order valence-corrected chi connectivity index (χ2v) is 7.92. The molecule has 1 N–H and O–H groups in total. The van der Waals surface area contributed by atoms with Crippen LogP contribution in [0.3, 0.4) is 0 Å². The fourth-order valence-corrected chi connectivity index (χ4v) is 4.81. The van der Waals surface area contributed by atoms with Gasteiger partial charge in [-0.25, -0.2) is 4.39 Å². The Morgan fingerprint density at radius 1 is 1.28 bits per heavy atom. The molecular formula is C25H25FN2O. The third-order valence-electron chi connectivity index (χ3n) is 6.23. The van der Waals surface area contributed by atoms with E-state index in [0.717, 1.165) is 42.5 Å². The maximum absolute atomic E-state index is 13.7. The average Bonchev–Trinajstić information content (AvgIpc) is 3.11. The first-order valence-electron chi connectivity index (χ1n) is 10.2. The van der Waals surface area contributed by atoms with Crippen molar-refractivity contribution < 1.29 is 9.18 Å². The lowest BCUT2D eigenvalue weighted by molar-refractivity contribution is -0.134. The van der Waals surface area contributed by atoms with E-state index in [1.54, 1.807) is 12.1 Å². The Morgan fingerprint density at radius 2 is 2.00 bits per heavy atom. The Labute approximate surface area is 170 Å². The summed E-state index contributed by atoms with van der Waals surface area (Å²) >= 11 is 0. The average molecular weight is 388 g/mol. The molecule has 4 heteroatoms. The first-order chi connectivity index (χ1) is 14.0. The molecule has 2 unspecified atom stereocenters. The maximum atomic E-state index is 13.7. The van der Waals surface area contributed by atoms with Crippen molar-refractivity contribution in [1.82, 2.24) is 9.88 Å². The third-order valence-corrected chi connectivity index (χ3v) is 6.23. The van der Waals surface area contributed by atoms with Crippen molar-refractivity contribution in [1.29, 1.82) is 0 Å². The number of unbranched alkanes of at least 4 members (excludes halogenated alkanes) is 1. The van der Waals surface area contributed by atoms with Crippen LogP contribution in [-0.4, -0.2) is 21.8 Å². The highest BCUT2D eigenvalue weighted by Crippen LogP contribution is 2.46. The predicted octanol–water partition coefficient (Wildman–Crippen LogP) is 5.15. The number of carbonyl (C=O) groups is 1. The van der Waals surface area contributed by atoms with Gasteiger partial charge in [-0.3, -0.25) is 4.79 Å². The number of rotatable bonds is 4.